The van der Waals surface area contributed by atoms with Crippen LogP contribution < -0.4 is 10.1 Å². The van der Waals surface area contributed by atoms with Crippen molar-refractivity contribution < 1.29 is 13.5 Å². The summed E-state index contributed by atoms with van der Waals surface area (Å²) in [6, 6.07) is 6.25. The highest BCUT2D eigenvalue weighted by Crippen LogP contribution is 2.21. The van der Waals surface area contributed by atoms with Crippen LogP contribution in [0.3, 0.4) is 0 Å². The van der Waals surface area contributed by atoms with Gasteiger partial charge >= 0.3 is 0 Å². The molecule has 102 valence electrons. The van der Waals surface area contributed by atoms with Crippen molar-refractivity contribution in [3.63, 3.8) is 0 Å². The Kier molecular flexibility index (Phi) is 4.82. The molecule has 1 aromatic heterocycles. The first-order chi connectivity index (χ1) is 9.19. The van der Waals surface area contributed by atoms with E-state index in [4.69, 9.17) is 20.8 Å². The minimum Gasteiger partial charge on any atom is -0.486 e. The average molecular weight is 284 g/mol. The molecule has 5 heteroatoms. The molecule has 0 fully saturated rings. The molecule has 0 atom stereocenters. The third-order valence-corrected chi connectivity index (χ3v) is 2.87. The Morgan fingerprint density at radius 2 is 2.21 bits per heavy atom. The number of ether oxygens (including phenoxy) is 1. The van der Waals surface area contributed by atoms with Crippen molar-refractivity contribution in [2.45, 2.75) is 20.1 Å². The summed E-state index contributed by atoms with van der Waals surface area (Å²) in [6.45, 7) is 3.96. The molecule has 2 rings (SSSR count). The van der Waals surface area contributed by atoms with Gasteiger partial charge < -0.3 is 14.5 Å². The topological polar surface area (TPSA) is 34.4 Å². The fourth-order valence-corrected chi connectivity index (χ4v) is 1.70. The summed E-state index contributed by atoms with van der Waals surface area (Å²) in [7, 11) is 0. The monoisotopic (exact) mass is 283 g/mol. The van der Waals surface area contributed by atoms with Crippen molar-refractivity contribution in [3.8, 4) is 5.75 Å². The Morgan fingerprint density at radius 3 is 2.95 bits per heavy atom. The Morgan fingerprint density at radius 1 is 1.37 bits per heavy atom. The molecule has 19 heavy (non-hydrogen) atoms. The smallest absolute Gasteiger partial charge is 0.146 e. The van der Waals surface area contributed by atoms with E-state index in [-0.39, 0.29) is 11.6 Å². The molecule has 1 aromatic carbocycles. The fraction of sp³-hybridized carbons (Fsp3) is 0.286. The molecule has 0 bridgehead atoms. The zero-order chi connectivity index (χ0) is 13.7. The molecule has 0 aliphatic heterocycles. The number of hydrogen-bond acceptors (Lipinski definition) is 3. The largest absolute Gasteiger partial charge is 0.486 e. The first-order valence-corrected chi connectivity index (χ1v) is 6.41. The van der Waals surface area contributed by atoms with Gasteiger partial charge in [-0.05, 0) is 24.7 Å². The van der Waals surface area contributed by atoms with Crippen LogP contribution in [0.1, 0.15) is 18.2 Å². The highest BCUT2D eigenvalue weighted by atomic mass is 35.5. The molecule has 0 amide bonds. The van der Waals surface area contributed by atoms with E-state index >= 15 is 0 Å². The molecule has 0 radical (unpaired) electrons. The number of benzene rings is 1. The van der Waals surface area contributed by atoms with Gasteiger partial charge in [0.15, 0.2) is 0 Å². The lowest BCUT2D eigenvalue weighted by molar-refractivity contribution is 0.269. The second-order valence-corrected chi connectivity index (χ2v) is 4.47. The van der Waals surface area contributed by atoms with Crippen LogP contribution in [0.2, 0.25) is 5.02 Å². The Bertz CT molecular complexity index is 542. The molecule has 0 spiro atoms. The van der Waals surface area contributed by atoms with E-state index < -0.39 is 5.82 Å². The molecule has 0 saturated heterocycles. The normalized spacial score (nSPS) is 10.7. The summed E-state index contributed by atoms with van der Waals surface area (Å²) in [4.78, 5) is 0. The van der Waals surface area contributed by atoms with Crippen molar-refractivity contribution in [1.29, 1.82) is 0 Å². The van der Waals surface area contributed by atoms with E-state index in [2.05, 4.69) is 5.32 Å². The number of halogens is 2. The van der Waals surface area contributed by atoms with Crippen LogP contribution in [0.15, 0.2) is 34.9 Å². The molecule has 0 unspecified atom stereocenters. The van der Waals surface area contributed by atoms with Gasteiger partial charge in [-0.15, -0.1) is 0 Å². The van der Waals surface area contributed by atoms with E-state index in [0.29, 0.717) is 11.5 Å². The lowest BCUT2D eigenvalue weighted by atomic mass is 10.3. The second kappa shape index (κ2) is 6.59. The van der Waals surface area contributed by atoms with E-state index in [1.165, 1.54) is 12.1 Å². The molecule has 3 nitrogen and oxygen atoms in total. The molecular formula is C14H15ClFNO2. The zero-order valence-electron chi connectivity index (χ0n) is 10.6. The third-order valence-electron chi connectivity index (χ3n) is 2.56. The highest BCUT2D eigenvalue weighted by Gasteiger charge is 2.05. The van der Waals surface area contributed by atoms with Gasteiger partial charge in [-0.25, -0.2) is 4.39 Å². The standard InChI is InChI=1S/C14H15ClFNO2/c1-2-17-7-10-5-12(18-8-10)9-19-11-3-4-13(15)14(16)6-11/h3-6,8,17H,2,7,9H2,1H3. The zero-order valence-corrected chi connectivity index (χ0v) is 11.3. The van der Waals surface area contributed by atoms with Crippen LogP contribution in [-0.2, 0) is 13.2 Å². The van der Waals surface area contributed by atoms with Crippen LogP contribution in [0.4, 0.5) is 4.39 Å². The van der Waals surface area contributed by atoms with Crippen molar-refractivity contribution >= 4 is 11.6 Å². The number of furan rings is 1. The van der Waals surface area contributed by atoms with Crippen LogP contribution in [-0.4, -0.2) is 6.54 Å². The number of hydrogen-bond donors (Lipinski definition) is 1. The van der Waals surface area contributed by atoms with Crippen LogP contribution >= 0.6 is 11.6 Å². The summed E-state index contributed by atoms with van der Waals surface area (Å²) in [5.41, 5.74) is 1.06. The van der Waals surface area contributed by atoms with Gasteiger partial charge in [-0.2, -0.15) is 0 Å². The van der Waals surface area contributed by atoms with Gasteiger partial charge in [-0.3, -0.25) is 0 Å². The molecular weight excluding hydrogens is 269 g/mol. The predicted molar refractivity (Wildman–Crippen MR) is 71.8 cm³/mol. The summed E-state index contributed by atoms with van der Waals surface area (Å²) < 4.78 is 24.0. The molecule has 2 aromatic rings. The number of nitrogens with one attached hydrogen (secondary N) is 1. The quantitative estimate of drug-likeness (QED) is 0.876. The van der Waals surface area contributed by atoms with E-state index in [9.17, 15) is 4.39 Å². The summed E-state index contributed by atoms with van der Waals surface area (Å²) >= 11 is 5.59. The maximum atomic E-state index is 13.2. The Labute approximate surface area is 116 Å². The fourth-order valence-electron chi connectivity index (χ4n) is 1.59. The van der Waals surface area contributed by atoms with Crippen molar-refractivity contribution in [1.82, 2.24) is 5.32 Å². The maximum Gasteiger partial charge on any atom is 0.146 e. The van der Waals surface area contributed by atoms with Gasteiger partial charge in [0.2, 0.25) is 0 Å². The molecule has 0 saturated carbocycles. The van der Waals surface area contributed by atoms with Gasteiger partial charge in [0.25, 0.3) is 0 Å². The molecule has 0 aliphatic rings. The lowest BCUT2D eigenvalue weighted by Gasteiger charge is -2.04. The molecule has 1 N–H and O–H groups in total. The van der Waals surface area contributed by atoms with Gasteiger partial charge in [-0.1, -0.05) is 18.5 Å². The van der Waals surface area contributed by atoms with Crippen molar-refractivity contribution in [2.75, 3.05) is 6.54 Å². The van der Waals surface area contributed by atoms with Crippen LogP contribution in [0.25, 0.3) is 0 Å². The molecule has 1 heterocycles. The maximum absolute atomic E-state index is 13.2. The number of rotatable bonds is 6. The minimum absolute atomic E-state index is 0.0817. The van der Waals surface area contributed by atoms with Crippen LogP contribution in [0.5, 0.6) is 5.75 Å². The third kappa shape index (κ3) is 3.98. The SMILES string of the molecule is CCNCc1coc(COc2ccc(Cl)c(F)c2)c1. The van der Waals surface area contributed by atoms with Gasteiger partial charge in [0.1, 0.15) is 23.9 Å². The van der Waals surface area contributed by atoms with Gasteiger partial charge in [0, 0.05) is 18.2 Å². The van der Waals surface area contributed by atoms with E-state index in [1.807, 2.05) is 13.0 Å². The second-order valence-electron chi connectivity index (χ2n) is 4.07. The van der Waals surface area contributed by atoms with Gasteiger partial charge in [0.05, 0.1) is 11.3 Å². The van der Waals surface area contributed by atoms with E-state index in [1.54, 1.807) is 12.3 Å². The average Bonchev–Trinajstić information content (AvgIpc) is 2.86. The Hall–Kier alpha value is -1.52. The predicted octanol–water partition coefficient (Wildman–Crippen LogP) is 3.76. The van der Waals surface area contributed by atoms with Crippen molar-refractivity contribution in [2.24, 2.45) is 0 Å². The van der Waals surface area contributed by atoms with Crippen LogP contribution in [0, 0.1) is 5.82 Å². The van der Waals surface area contributed by atoms with E-state index in [0.717, 1.165) is 18.7 Å². The lowest BCUT2D eigenvalue weighted by Crippen LogP contribution is -2.10. The highest BCUT2D eigenvalue weighted by molar-refractivity contribution is 6.30. The summed E-state index contributed by atoms with van der Waals surface area (Å²) in [6.07, 6.45) is 1.68. The summed E-state index contributed by atoms with van der Waals surface area (Å²) in [5, 5.41) is 3.28. The Balaban J connectivity index is 1.91. The summed E-state index contributed by atoms with van der Waals surface area (Å²) in [5.74, 6) is 0.626. The van der Waals surface area contributed by atoms with Crippen molar-refractivity contribution in [3.05, 3.63) is 52.7 Å². The first-order valence-electron chi connectivity index (χ1n) is 6.04. The minimum atomic E-state index is -0.494. The first kappa shape index (κ1) is 13.9. The molecule has 0 aliphatic carbocycles.